The molecule has 56 heavy (non-hydrogen) atoms. The predicted molar refractivity (Wildman–Crippen MR) is 223 cm³/mol. The number of allylic oxidation sites excluding steroid dienone is 1. The first-order valence-corrected chi connectivity index (χ1v) is 21.4. The Bertz CT molecular complexity index is 2130. The van der Waals surface area contributed by atoms with Crippen LogP contribution in [0, 0.1) is 27.9 Å². The van der Waals surface area contributed by atoms with E-state index in [9.17, 15) is 35.0 Å². The maximum absolute atomic E-state index is 14.3. The SMILES string of the molecule is C/C(=C\c1cc(Br)ccc1O)CC[C@@H](O)C1=C(CO[Si](c2ccccc2)(c2ccccc2)C(C)(C)C)C[C@H]2C(=O)N(c3cccc([N+](=O)[O-])c3)C(=O)[C@H]2[C@H]1CO. The highest BCUT2D eigenvalue weighted by molar-refractivity contribution is 9.10. The highest BCUT2D eigenvalue weighted by atomic mass is 79.9. The second kappa shape index (κ2) is 16.8. The van der Waals surface area contributed by atoms with Gasteiger partial charge in [0.1, 0.15) is 5.75 Å². The third-order valence-electron chi connectivity index (χ3n) is 11.1. The maximum Gasteiger partial charge on any atom is 0.271 e. The van der Waals surface area contributed by atoms with Crippen LogP contribution in [0.15, 0.2) is 124 Å². The summed E-state index contributed by atoms with van der Waals surface area (Å²) < 4.78 is 8.14. The zero-order chi connectivity index (χ0) is 40.4. The van der Waals surface area contributed by atoms with Crippen LogP contribution in [-0.4, -0.2) is 59.7 Å². The van der Waals surface area contributed by atoms with Crippen LogP contribution in [0.3, 0.4) is 0 Å². The fourth-order valence-electron chi connectivity index (χ4n) is 8.55. The van der Waals surface area contributed by atoms with Gasteiger partial charge in [0, 0.05) is 28.1 Å². The Hall–Kier alpha value is -4.72. The topological polar surface area (TPSA) is 150 Å². The first-order valence-electron chi connectivity index (χ1n) is 18.7. The minimum atomic E-state index is -3.11. The molecule has 0 aromatic heterocycles. The van der Waals surface area contributed by atoms with Crippen molar-refractivity contribution in [3.8, 4) is 5.75 Å². The minimum absolute atomic E-state index is 0.0401. The lowest BCUT2D eigenvalue weighted by Crippen LogP contribution is -2.66. The summed E-state index contributed by atoms with van der Waals surface area (Å²) in [5, 5.41) is 47.1. The number of carbonyl (C=O) groups excluding carboxylic acids is 2. The summed E-state index contributed by atoms with van der Waals surface area (Å²) in [5.41, 5.74) is 2.47. The maximum atomic E-state index is 14.3. The number of rotatable bonds is 13. The third-order valence-corrected chi connectivity index (χ3v) is 16.6. The number of benzene rings is 4. The lowest BCUT2D eigenvalue weighted by Gasteiger charge is -2.44. The fraction of sp³-hybridized carbons (Fsp3) is 0.318. The van der Waals surface area contributed by atoms with Crippen molar-refractivity contribution >= 4 is 63.9 Å². The minimum Gasteiger partial charge on any atom is -0.507 e. The molecule has 1 saturated heterocycles. The number of imide groups is 1. The van der Waals surface area contributed by atoms with E-state index in [-0.39, 0.29) is 41.6 Å². The van der Waals surface area contributed by atoms with E-state index < -0.39 is 55.5 Å². The summed E-state index contributed by atoms with van der Waals surface area (Å²) in [6.07, 6.45) is 1.51. The number of anilines is 1. The van der Waals surface area contributed by atoms with Crippen LogP contribution in [-0.2, 0) is 14.0 Å². The van der Waals surface area contributed by atoms with E-state index >= 15 is 0 Å². The van der Waals surface area contributed by atoms with Crippen molar-refractivity contribution in [2.24, 2.45) is 17.8 Å². The Morgan fingerprint density at radius 2 is 1.62 bits per heavy atom. The number of aromatic hydroxyl groups is 1. The Morgan fingerprint density at radius 3 is 2.21 bits per heavy atom. The van der Waals surface area contributed by atoms with Gasteiger partial charge in [-0.1, -0.05) is 115 Å². The number of aliphatic hydroxyl groups is 2. The molecule has 2 amide bonds. The van der Waals surface area contributed by atoms with Crippen molar-refractivity contribution in [1.82, 2.24) is 0 Å². The number of hydrogen-bond acceptors (Lipinski definition) is 8. The van der Waals surface area contributed by atoms with Gasteiger partial charge in [-0.25, -0.2) is 4.90 Å². The number of nitrogens with zero attached hydrogens (tertiary/aromatic N) is 2. The first kappa shape index (κ1) is 40.9. The van der Waals surface area contributed by atoms with Gasteiger partial charge >= 0.3 is 0 Å². The van der Waals surface area contributed by atoms with E-state index in [0.717, 1.165) is 25.3 Å². The number of amides is 2. The summed E-state index contributed by atoms with van der Waals surface area (Å²) in [5.74, 6) is -3.76. The van der Waals surface area contributed by atoms with Crippen LogP contribution in [0.4, 0.5) is 11.4 Å². The standard InChI is InChI=1S/C44H47BrN2O8Si/c1-28(22-29-23-31(45)19-21-38(29)49)18-20-39(50)40-30(27-55-56(44(2,3)4,34-14-7-5-8-15-34)35-16-9-6-10-17-35)24-36-41(37(40)26-48)43(52)46(42(36)51)32-12-11-13-33(25-32)47(53)54/h5-17,19,21-23,25,36-37,39,41,48-50H,18,20,24,26-27H2,1-4H3/b28-22+/t36-,37+,39-,41-/m1/s1. The van der Waals surface area contributed by atoms with E-state index in [1.54, 1.807) is 18.2 Å². The molecule has 4 atom stereocenters. The van der Waals surface area contributed by atoms with Gasteiger partial charge in [0.05, 0.1) is 41.8 Å². The molecule has 4 aromatic carbocycles. The molecule has 1 aliphatic carbocycles. The predicted octanol–water partition coefficient (Wildman–Crippen LogP) is 7.30. The lowest BCUT2D eigenvalue weighted by molar-refractivity contribution is -0.384. The van der Waals surface area contributed by atoms with Crippen molar-refractivity contribution in [2.45, 2.75) is 58.1 Å². The Labute approximate surface area is 336 Å². The smallest absolute Gasteiger partial charge is 0.271 e. The van der Waals surface area contributed by atoms with Gasteiger partial charge in [-0.05, 0) is 77.0 Å². The number of phenolic OH excluding ortho intramolecular Hbond substituents is 1. The summed E-state index contributed by atoms with van der Waals surface area (Å²) >= 11 is 3.45. The largest absolute Gasteiger partial charge is 0.507 e. The molecule has 0 unspecified atom stereocenters. The average molecular weight is 840 g/mol. The molecular weight excluding hydrogens is 792 g/mol. The molecule has 2 aliphatic rings. The van der Waals surface area contributed by atoms with E-state index in [2.05, 4.69) is 61.0 Å². The molecule has 10 nitrogen and oxygen atoms in total. The van der Waals surface area contributed by atoms with Crippen LogP contribution in [0.2, 0.25) is 5.04 Å². The molecule has 3 N–H and O–H groups in total. The number of nitro benzene ring substituents is 1. The molecule has 292 valence electrons. The van der Waals surface area contributed by atoms with Gasteiger partial charge in [-0.2, -0.15) is 0 Å². The second-order valence-electron chi connectivity index (χ2n) is 15.7. The molecule has 6 rings (SSSR count). The zero-order valence-electron chi connectivity index (χ0n) is 31.9. The van der Waals surface area contributed by atoms with Gasteiger partial charge < -0.3 is 19.7 Å². The van der Waals surface area contributed by atoms with E-state index in [1.165, 1.54) is 24.3 Å². The van der Waals surface area contributed by atoms with Gasteiger partial charge in [0.2, 0.25) is 11.8 Å². The van der Waals surface area contributed by atoms with Crippen LogP contribution in [0.25, 0.3) is 6.08 Å². The number of halogens is 1. The number of fused-ring (bicyclic) bond motifs is 1. The number of non-ortho nitro benzene ring substituents is 1. The van der Waals surface area contributed by atoms with Gasteiger partial charge in [0.25, 0.3) is 14.0 Å². The normalized spacial score (nSPS) is 19.7. The third kappa shape index (κ3) is 7.94. The second-order valence-corrected chi connectivity index (χ2v) is 20.9. The Kier molecular flexibility index (Phi) is 12.3. The molecular formula is C44H47BrN2O8Si. The monoisotopic (exact) mass is 838 g/mol. The molecule has 1 fully saturated rings. The number of aliphatic hydroxyl groups excluding tert-OH is 2. The number of phenols is 1. The average Bonchev–Trinajstić information content (AvgIpc) is 3.43. The molecule has 0 radical (unpaired) electrons. The number of carbonyl (C=O) groups is 2. The van der Waals surface area contributed by atoms with Crippen LogP contribution >= 0.6 is 15.9 Å². The number of nitro groups is 1. The van der Waals surface area contributed by atoms with Crippen molar-refractivity contribution < 1.29 is 34.3 Å². The Morgan fingerprint density at radius 1 is 0.982 bits per heavy atom. The summed E-state index contributed by atoms with van der Waals surface area (Å²) in [6, 6.07) is 30.8. The highest BCUT2D eigenvalue weighted by Crippen LogP contribution is 2.48. The highest BCUT2D eigenvalue weighted by Gasteiger charge is 2.56. The van der Waals surface area contributed by atoms with Gasteiger partial charge in [-0.15, -0.1) is 0 Å². The summed E-state index contributed by atoms with van der Waals surface area (Å²) in [7, 11) is -3.11. The van der Waals surface area contributed by atoms with E-state index in [1.807, 2.05) is 49.4 Å². The van der Waals surface area contributed by atoms with E-state index in [0.29, 0.717) is 23.1 Å². The molecule has 0 saturated carbocycles. The van der Waals surface area contributed by atoms with Crippen LogP contribution in [0.5, 0.6) is 5.75 Å². The first-order chi connectivity index (χ1) is 26.7. The quantitative estimate of drug-likeness (QED) is 0.0418. The lowest BCUT2D eigenvalue weighted by atomic mass is 9.68. The van der Waals surface area contributed by atoms with Crippen molar-refractivity contribution in [3.63, 3.8) is 0 Å². The van der Waals surface area contributed by atoms with Crippen LogP contribution < -0.4 is 15.3 Å². The molecule has 0 spiro atoms. The van der Waals surface area contributed by atoms with Gasteiger partial charge in [0.15, 0.2) is 0 Å². The van der Waals surface area contributed by atoms with Gasteiger partial charge in [-0.3, -0.25) is 19.7 Å². The van der Waals surface area contributed by atoms with Crippen LogP contribution in [0.1, 0.15) is 52.5 Å². The molecule has 12 heteroatoms. The van der Waals surface area contributed by atoms with Crippen molar-refractivity contribution in [1.29, 1.82) is 0 Å². The van der Waals surface area contributed by atoms with Crippen molar-refractivity contribution in [2.75, 3.05) is 18.1 Å². The fourth-order valence-corrected chi connectivity index (χ4v) is 13.5. The Balaban J connectivity index is 1.43. The zero-order valence-corrected chi connectivity index (χ0v) is 34.5. The number of hydrogen-bond donors (Lipinski definition) is 3. The van der Waals surface area contributed by atoms with E-state index in [4.69, 9.17) is 4.43 Å². The molecule has 0 bridgehead atoms. The molecule has 1 heterocycles. The molecule has 4 aromatic rings. The van der Waals surface area contributed by atoms with Crippen molar-refractivity contribution in [3.05, 3.63) is 140 Å². The molecule has 1 aliphatic heterocycles. The summed E-state index contributed by atoms with van der Waals surface area (Å²) in [6.45, 7) is 7.91. The summed E-state index contributed by atoms with van der Waals surface area (Å²) in [4.78, 5) is 40.6.